The number of carbonyl (C=O) groups excluding carboxylic acids is 1. The Kier molecular flexibility index (Phi) is 7.53. The van der Waals surface area contributed by atoms with Crippen molar-refractivity contribution >= 4 is 23.2 Å². The number of piperazine rings is 1. The molecule has 200 valence electrons. The smallest absolute Gasteiger partial charge is 0.255 e. The first-order valence-corrected chi connectivity index (χ1v) is 12.8. The van der Waals surface area contributed by atoms with Crippen molar-refractivity contribution in [3.63, 3.8) is 0 Å². The minimum atomic E-state index is -0.429. The molecule has 0 spiro atoms. The molecule has 5 rings (SSSR count). The number of morpholine rings is 1. The van der Waals surface area contributed by atoms with Gasteiger partial charge in [0.25, 0.3) is 5.91 Å². The number of likely N-dealkylation sites (N-methyl/N-ethyl adjacent to an activating group) is 1. The summed E-state index contributed by atoms with van der Waals surface area (Å²) in [4.78, 5) is 28.4. The van der Waals surface area contributed by atoms with E-state index in [9.17, 15) is 9.18 Å². The summed E-state index contributed by atoms with van der Waals surface area (Å²) in [6.45, 7) is 8.22. The van der Waals surface area contributed by atoms with Crippen LogP contribution in [0.4, 0.5) is 26.1 Å². The summed E-state index contributed by atoms with van der Waals surface area (Å²) in [6, 6.07) is 8.90. The van der Waals surface area contributed by atoms with Gasteiger partial charge in [0.2, 0.25) is 5.95 Å². The lowest BCUT2D eigenvalue weighted by molar-refractivity contribution is 0.102. The van der Waals surface area contributed by atoms with Gasteiger partial charge in [0.05, 0.1) is 24.6 Å². The van der Waals surface area contributed by atoms with Crippen LogP contribution in [-0.2, 0) is 4.74 Å². The van der Waals surface area contributed by atoms with Crippen LogP contribution < -0.4 is 15.1 Å². The van der Waals surface area contributed by atoms with Gasteiger partial charge in [-0.05, 0) is 57.3 Å². The predicted molar refractivity (Wildman–Crippen MR) is 144 cm³/mol. The second-order valence-corrected chi connectivity index (χ2v) is 9.95. The van der Waals surface area contributed by atoms with Gasteiger partial charge < -0.3 is 19.9 Å². The molecule has 2 fully saturated rings. The van der Waals surface area contributed by atoms with Crippen molar-refractivity contribution < 1.29 is 18.3 Å². The van der Waals surface area contributed by atoms with Crippen molar-refractivity contribution in [3.8, 4) is 11.1 Å². The van der Waals surface area contributed by atoms with Crippen LogP contribution in [0.15, 0.2) is 48.8 Å². The highest BCUT2D eigenvalue weighted by Crippen LogP contribution is 2.36. The number of nitrogens with zero attached hydrogens (tertiary/aromatic N) is 5. The van der Waals surface area contributed by atoms with Gasteiger partial charge in [0, 0.05) is 67.3 Å². The minimum absolute atomic E-state index is 0.239. The molecule has 2 saturated heterocycles. The minimum Gasteiger partial charge on any atom is -0.378 e. The van der Waals surface area contributed by atoms with Crippen molar-refractivity contribution in [1.82, 2.24) is 14.9 Å². The van der Waals surface area contributed by atoms with Crippen LogP contribution in [0.25, 0.3) is 11.1 Å². The molecule has 0 saturated carbocycles. The van der Waals surface area contributed by atoms with E-state index in [4.69, 9.17) is 4.74 Å². The number of hydrogen-bond donors (Lipinski definition) is 1. The Morgan fingerprint density at radius 1 is 0.974 bits per heavy atom. The Balaban J connectivity index is 1.50. The van der Waals surface area contributed by atoms with Crippen LogP contribution in [0.3, 0.4) is 0 Å². The Morgan fingerprint density at radius 2 is 1.61 bits per heavy atom. The van der Waals surface area contributed by atoms with Gasteiger partial charge in [0.15, 0.2) is 0 Å². The zero-order valence-electron chi connectivity index (χ0n) is 21.8. The second kappa shape index (κ2) is 11.0. The maximum atomic E-state index is 15.6. The molecular weight excluding hydrogens is 490 g/mol. The molecule has 0 aliphatic carbocycles. The monoisotopic (exact) mass is 522 g/mol. The highest BCUT2D eigenvalue weighted by atomic mass is 19.1. The van der Waals surface area contributed by atoms with Gasteiger partial charge in [-0.3, -0.25) is 9.69 Å². The molecule has 10 heteroatoms. The van der Waals surface area contributed by atoms with Crippen LogP contribution in [0.2, 0.25) is 0 Å². The number of ether oxygens (including phenoxy) is 1. The molecule has 3 heterocycles. The number of halogens is 2. The summed E-state index contributed by atoms with van der Waals surface area (Å²) in [5, 5.41) is 2.94. The highest BCUT2D eigenvalue weighted by molar-refractivity contribution is 6.06. The maximum Gasteiger partial charge on any atom is 0.255 e. The van der Waals surface area contributed by atoms with E-state index in [-0.39, 0.29) is 17.6 Å². The molecule has 38 heavy (non-hydrogen) atoms. The molecule has 2 unspecified atom stereocenters. The zero-order valence-corrected chi connectivity index (χ0v) is 21.8. The molecule has 0 radical (unpaired) electrons. The van der Waals surface area contributed by atoms with Gasteiger partial charge in [-0.1, -0.05) is 0 Å². The number of rotatable bonds is 5. The number of hydrogen-bond acceptors (Lipinski definition) is 7. The molecule has 0 bridgehead atoms. The first-order valence-electron chi connectivity index (χ1n) is 12.8. The first-order chi connectivity index (χ1) is 18.3. The number of amides is 1. The van der Waals surface area contributed by atoms with Crippen LogP contribution in [0, 0.1) is 11.6 Å². The summed E-state index contributed by atoms with van der Waals surface area (Å²) < 4.78 is 34.4. The molecule has 2 aromatic carbocycles. The molecule has 2 atom stereocenters. The summed E-state index contributed by atoms with van der Waals surface area (Å²) in [5.74, 6) is -0.689. The second-order valence-electron chi connectivity index (χ2n) is 9.95. The lowest BCUT2D eigenvalue weighted by Gasteiger charge is -2.44. The average Bonchev–Trinajstić information content (AvgIpc) is 2.93. The highest BCUT2D eigenvalue weighted by Gasteiger charge is 2.29. The third-order valence-electron chi connectivity index (χ3n) is 7.38. The molecule has 2 aliphatic rings. The summed E-state index contributed by atoms with van der Waals surface area (Å²) in [6.07, 6.45) is 3.20. The molecular formula is C28H32F2N6O2. The fraction of sp³-hybridized carbons (Fsp3) is 0.393. The number of nitrogens with one attached hydrogen (secondary N) is 1. The van der Waals surface area contributed by atoms with Crippen molar-refractivity contribution in [2.45, 2.75) is 25.9 Å². The Labute approximate surface area is 221 Å². The van der Waals surface area contributed by atoms with Crippen LogP contribution >= 0.6 is 0 Å². The van der Waals surface area contributed by atoms with E-state index in [1.807, 2.05) is 4.90 Å². The van der Waals surface area contributed by atoms with Crippen molar-refractivity contribution in [2.75, 3.05) is 61.6 Å². The molecule has 1 N–H and O–H groups in total. The van der Waals surface area contributed by atoms with E-state index >= 15 is 4.39 Å². The fourth-order valence-corrected chi connectivity index (χ4v) is 4.93. The van der Waals surface area contributed by atoms with Crippen LogP contribution in [-0.4, -0.2) is 79.3 Å². The van der Waals surface area contributed by atoms with Gasteiger partial charge in [-0.2, -0.15) is 0 Å². The third-order valence-corrected chi connectivity index (χ3v) is 7.38. The van der Waals surface area contributed by atoms with Gasteiger partial charge in [-0.15, -0.1) is 0 Å². The number of carbonyl (C=O) groups is 1. The molecule has 8 nitrogen and oxygen atoms in total. The molecule has 3 aromatic rings. The van der Waals surface area contributed by atoms with Crippen molar-refractivity contribution in [1.29, 1.82) is 0 Å². The van der Waals surface area contributed by atoms with Crippen LogP contribution in [0.1, 0.15) is 24.2 Å². The average molecular weight is 523 g/mol. The van der Waals surface area contributed by atoms with Gasteiger partial charge >= 0.3 is 0 Å². The fourth-order valence-electron chi connectivity index (χ4n) is 4.93. The quantitative estimate of drug-likeness (QED) is 0.542. The molecule has 1 aromatic heterocycles. The van der Waals surface area contributed by atoms with Crippen LogP contribution in [0.5, 0.6) is 0 Å². The normalized spacial score (nSPS) is 20.4. The maximum absolute atomic E-state index is 15.6. The lowest BCUT2D eigenvalue weighted by atomic mass is 10.0. The molecule has 1 amide bonds. The Bertz CT molecular complexity index is 1270. The van der Waals surface area contributed by atoms with E-state index in [0.717, 1.165) is 0 Å². The van der Waals surface area contributed by atoms with Gasteiger partial charge in [0.1, 0.15) is 11.6 Å². The third kappa shape index (κ3) is 5.46. The van der Waals surface area contributed by atoms with E-state index in [1.165, 1.54) is 30.3 Å². The number of anilines is 3. The largest absolute Gasteiger partial charge is 0.378 e. The van der Waals surface area contributed by atoms with E-state index in [0.29, 0.717) is 67.8 Å². The SMILES string of the molecule is CC1CN(c2cc(F)c(-c3cnc(N4CCOCC4)nc3)cc2NC(=O)c2ccc(F)cc2)CC(C)N1C. The Morgan fingerprint density at radius 3 is 2.24 bits per heavy atom. The summed E-state index contributed by atoms with van der Waals surface area (Å²) in [7, 11) is 2.08. The topological polar surface area (TPSA) is 73.8 Å². The number of benzene rings is 2. The van der Waals surface area contributed by atoms with E-state index < -0.39 is 17.5 Å². The first kappa shape index (κ1) is 26.0. The van der Waals surface area contributed by atoms with Gasteiger partial charge in [-0.25, -0.2) is 18.7 Å². The van der Waals surface area contributed by atoms with Crippen molar-refractivity contribution in [2.24, 2.45) is 0 Å². The zero-order chi connectivity index (χ0) is 26.8. The number of aromatic nitrogens is 2. The Hall–Kier alpha value is -3.63. The predicted octanol–water partition coefficient (Wildman–Crippen LogP) is 4.04. The summed E-state index contributed by atoms with van der Waals surface area (Å²) in [5.41, 5.74) is 2.16. The van der Waals surface area contributed by atoms with Crippen molar-refractivity contribution in [3.05, 3.63) is 66.0 Å². The lowest BCUT2D eigenvalue weighted by Crippen LogP contribution is -2.55. The van der Waals surface area contributed by atoms with E-state index in [2.05, 4.69) is 46.0 Å². The molecule has 2 aliphatic heterocycles. The standard InChI is InChI=1S/C28H32F2N6O2/c1-18-16-36(17-19(2)34(18)3)26-13-24(30)23(12-25(26)33-27(37)20-4-6-22(29)7-5-20)21-14-31-28(32-15-21)35-8-10-38-11-9-35/h4-7,12-15,18-19H,8-11,16-17H2,1-3H3,(H,33,37). The summed E-state index contributed by atoms with van der Waals surface area (Å²) >= 11 is 0. The van der Waals surface area contributed by atoms with E-state index in [1.54, 1.807) is 18.5 Å².